The number of rotatable bonds is 4. The van der Waals surface area contributed by atoms with Crippen LogP contribution >= 0.6 is 31.9 Å². The highest BCUT2D eigenvalue weighted by molar-refractivity contribution is 9.11. The number of anilines is 2. The van der Waals surface area contributed by atoms with Crippen LogP contribution in [0.15, 0.2) is 57.5 Å². The fourth-order valence-electron chi connectivity index (χ4n) is 2.31. The predicted molar refractivity (Wildman–Crippen MR) is 113 cm³/mol. The summed E-state index contributed by atoms with van der Waals surface area (Å²) in [5.41, 5.74) is -14.7. The van der Waals surface area contributed by atoms with Crippen LogP contribution in [0.1, 0.15) is 0 Å². The van der Waals surface area contributed by atoms with Crippen molar-refractivity contribution in [3.8, 4) is 0 Å². The largest absolute Gasteiger partial charge is 0.517 e. The van der Waals surface area contributed by atoms with E-state index in [2.05, 4.69) is 31.9 Å². The van der Waals surface area contributed by atoms with Crippen LogP contribution in [0.4, 0.5) is 37.7 Å². The van der Waals surface area contributed by atoms with Crippen molar-refractivity contribution in [3.05, 3.63) is 57.5 Å². The smallest absolute Gasteiger partial charge is 0.262 e. The Bertz CT molecular complexity index is 1240. The summed E-state index contributed by atoms with van der Waals surface area (Å²) >= 11 is 5.36. The predicted octanol–water partition coefficient (Wildman–Crippen LogP) is 4.28. The minimum absolute atomic E-state index is 0.491. The van der Waals surface area contributed by atoms with Crippen molar-refractivity contribution in [2.24, 2.45) is 0 Å². The molecule has 186 valence electrons. The fourth-order valence-corrected chi connectivity index (χ4v) is 5.31. The number of benzene rings is 2. The fraction of sp³-hybridized carbons (Fsp3) is 0.125. The highest BCUT2D eigenvalue weighted by atomic mass is 79.9. The van der Waals surface area contributed by atoms with E-state index in [0.29, 0.717) is 12.1 Å². The molecule has 0 spiro atoms. The summed E-state index contributed by atoms with van der Waals surface area (Å²) in [6.07, 6.45) is 0. The molecule has 2 rings (SSSR count). The molecule has 0 heterocycles. The van der Waals surface area contributed by atoms with Crippen LogP contribution < -0.4 is 8.61 Å². The number of para-hydroxylation sites is 2. The van der Waals surface area contributed by atoms with Crippen LogP contribution in [0.2, 0.25) is 0 Å². The number of halogens is 8. The maximum absolute atomic E-state index is 13.3. The number of carbonyl (C=O) groups is 2. The maximum atomic E-state index is 13.3. The normalized spacial score (nSPS) is 12.8. The molecular weight excluding hydrogens is 654 g/mol. The molecule has 0 saturated heterocycles. The number of carbonyl (C=O) groups excluding carboxylic acids is 2. The van der Waals surface area contributed by atoms with Gasteiger partial charge in [-0.3, -0.25) is 9.59 Å². The lowest BCUT2D eigenvalue weighted by molar-refractivity contribution is -0.135. The SMILES string of the molecule is O=C(C(=O)N(c1ccccc1Br)S(=O)(=O)C(F)(F)F)N(c1ccccc1Br)S(=O)(=O)C(F)(F)F. The van der Waals surface area contributed by atoms with Crippen molar-refractivity contribution >= 4 is 75.1 Å². The molecule has 8 nitrogen and oxygen atoms in total. The second-order valence-electron chi connectivity index (χ2n) is 5.94. The van der Waals surface area contributed by atoms with E-state index in [0.717, 1.165) is 24.3 Å². The van der Waals surface area contributed by atoms with Crippen molar-refractivity contribution in [1.29, 1.82) is 0 Å². The summed E-state index contributed by atoms with van der Waals surface area (Å²) in [4.78, 5) is 25.6. The summed E-state index contributed by atoms with van der Waals surface area (Å²) in [5, 5.41) is 0. The highest BCUT2D eigenvalue weighted by Gasteiger charge is 2.58. The second kappa shape index (κ2) is 9.46. The zero-order valence-electron chi connectivity index (χ0n) is 15.8. The molecule has 0 aliphatic carbocycles. The Labute approximate surface area is 204 Å². The van der Waals surface area contributed by atoms with E-state index < -0.39 is 71.8 Å². The van der Waals surface area contributed by atoms with Crippen molar-refractivity contribution in [2.75, 3.05) is 8.61 Å². The Morgan fingerprint density at radius 1 is 0.618 bits per heavy atom. The summed E-state index contributed by atoms with van der Waals surface area (Å²) in [5.74, 6) is -5.51. The Morgan fingerprint density at radius 3 is 1.12 bits per heavy atom. The molecule has 2 amide bonds. The third kappa shape index (κ3) is 5.08. The summed E-state index contributed by atoms with van der Waals surface area (Å²) in [7, 11) is -13.5. The number of nitrogens with zero attached hydrogens (tertiary/aromatic N) is 2. The first kappa shape index (κ1) is 28.1. The number of hydrogen-bond acceptors (Lipinski definition) is 6. The monoisotopic (exact) mass is 660 g/mol. The van der Waals surface area contributed by atoms with Gasteiger partial charge in [-0.2, -0.15) is 51.8 Å². The lowest BCUT2D eigenvalue weighted by Crippen LogP contribution is -2.55. The van der Waals surface area contributed by atoms with E-state index in [4.69, 9.17) is 0 Å². The zero-order chi connectivity index (χ0) is 26.3. The molecule has 0 bridgehead atoms. The Kier molecular flexibility index (Phi) is 7.81. The van der Waals surface area contributed by atoms with Gasteiger partial charge in [0.1, 0.15) is 0 Å². The maximum Gasteiger partial charge on any atom is 0.517 e. The quantitative estimate of drug-likeness (QED) is 0.358. The van der Waals surface area contributed by atoms with E-state index in [-0.39, 0.29) is 0 Å². The van der Waals surface area contributed by atoms with Gasteiger partial charge in [0, 0.05) is 8.95 Å². The molecule has 0 aliphatic heterocycles. The Hall–Kier alpha value is -2.18. The lowest BCUT2D eigenvalue weighted by atomic mass is 10.3. The first-order valence-corrected chi connectivity index (χ1v) is 12.6. The van der Waals surface area contributed by atoms with Gasteiger partial charge in [-0.25, -0.2) is 0 Å². The van der Waals surface area contributed by atoms with E-state index in [1.54, 1.807) is 0 Å². The molecule has 0 N–H and O–H groups in total. The van der Waals surface area contributed by atoms with Crippen LogP contribution in [0.25, 0.3) is 0 Å². The van der Waals surface area contributed by atoms with E-state index in [1.807, 2.05) is 0 Å². The van der Waals surface area contributed by atoms with Crippen molar-refractivity contribution in [2.45, 2.75) is 11.0 Å². The van der Waals surface area contributed by atoms with Crippen LogP contribution in [-0.2, 0) is 29.6 Å². The van der Waals surface area contributed by atoms with Crippen LogP contribution in [0, 0.1) is 0 Å². The number of amides is 2. The van der Waals surface area contributed by atoms with Crippen molar-refractivity contribution in [3.63, 3.8) is 0 Å². The van der Waals surface area contributed by atoms with Gasteiger partial charge in [0.05, 0.1) is 11.4 Å². The average Bonchev–Trinajstić information content (AvgIpc) is 2.69. The molecule has 0 radical (unpaired) electrons. The molecule has 0 unspecified atom stereocenters. The van der Waals surface area contributed by atoms with Gasteiger partial charge in [0.25, 0.3) is 0 Å². The molecule has 0 atom stereocenters. The summed E-state index contributed by atoms with van der Waals surface area (Å²) < 4.78 is 125. The van der Waals surface area contributed by atoms with E-state index in [1.165, 1.54) is 12.1 Å². The number of hydrogen-bond donors (Lipinski definition) is 0. The standard InChI is InChI=1S/C16H8Br2F6N2O6S2/c17-9-5-1-3-7-11(9)25(33(29,30)15(19,20)21)13(27)14(28)26(34(31,32)16(22,23)24)12-8-4-2-6-10(12)18/h1-8H. The van der Waals surface area contributed by atoms with Crippen molar-refractivity contribution in [1.82, 2.24) is 0 Å². The molecule has 0 aliphatic rings. The first-order chi connectivity index (χ1) is 15.4. The summed E-state index contributed by atoms with van der Waals surface area (Å²) in [6.45, 7) is 0. The van der Waals surface area contributed by atoms with Gasteiger partial charge in [0.2, 0.25) is 0 Å². The van der Waals surface area contributed by atoms with Crippen LogP contribution in [0.3, 0.4) is 0 Å². The minimum atomic E-state index is -6.75. The van der Waals surface area contributed by atoms with Gasteiger partial charge in [-0.15, -0.1) is 0 Å². The van der Waals surface area contributed by atoms with E-state index in [9.17, 15) is 52.8 Å². The van der Waals surface area contributed by atoms with Crippen LogP contribution in [-0.4, -0.2) is 39.7 Å². The lowest BCUT2D eigenvalue weighted by Gasteiger charge is -2.28. The molecule has 34 heavy (non-hydrogen) atoms. The van der Waals surface area contributed by atoms with Crippen molar-refractivity contribution < 1.29 is 52.8 Å². The summed E-state index contributed by atoms with van der Waals surface area (Å²) in [6, 6.07) is 7.44. The van der Waals surface area contributed by atoms with Gasteiger partial charge in [-0.05, 0) is 56.1 Å². The average molecular weight is 662 g/mol. The third-order valence-electron chi connectivity index (χ3n) is 3.76. The van der Waals surface area contributed by atoms with Gasteiger partial charge < -0.3 is 0 Å². The molecule has 0 fully saturated rings. The van der Waals surface area contributed by atoms with Crippen LogP contribution in [0.5, 0.6) is 0 Å². The molecule has 18 heteroatoms. The van der Waals surface area contributed by atoms with Gasteiger partial charge >= 0.3 is 42.9 Å². The molecule has 2 aromatic rings. The molecular formula is C16H8Br2F6N2O6S2. The molecule has 0 saturated carbocycles. The number of sulfonamides is 2. The molecule has 2 aromatic carbocycles. The van der Waals surface area contributed by atoms with Gasteiger partial charge in [0.15, 0.2) is 0 Å². The third-order valence-corrected chi connectivity index (χ3v) is 7.96. The Morgan fingerprint density at radius 2 is 0.882 bits per heavy atom. The van der Waals surface area contributed by atoms with Gasteiger partial charge in [-0.1, -0.05) is 24.3 Å². The first-order valence-electron chi connectivity index (χ1n) is 8.16. The molecule has 0 aromatic heterocycles. The topological polar surface area (TPSA) is 109 Å². The second-order valence-corrected chi connectivity index (χ2v) is 11.2. The Balaban J connectivity index is 2.85. The minimum Gasteiger partial charge on any atom is -0.262 e. The highest BCUT2D eigenvalue weighted by Crippen LogP contribution is 2.38. The van der Waals surface area contributed by atoms with E-state index >= 15 is 0 Å². The zero-order valence-corrected chi connectivity index (χ0v) is 20.6. The number of alkyl halides is 6.